The van der Waals surface area contributed by atoms with Gasteiger partial charge in [-0.05, 0) is 12.1 Å². The van der Waals surface area contributed by atoms with Crippen LogP contribution in [0.1, 0.15) is 5.56 Å². The number of nitrogens with zero attached hydrogens (tertiary/aromatic N) is 1. The Balaban J connectivity index is 2.27. The molecular weight excluding hydrogens is 265 g/mol. The van der Waals surface area contributed by atoms with E-state index < -0.39 is 5.79 Å². The number of likely N-dealkylation sites (N-methyl/N-ethyl adjacent to an activating group) is 1. The minimum atomic E-state index is -1.32. The number of benzene rings is 1. The van der Waals surface area contributed by atoms with Crippen LogP contribution in [0, 0.1) is 0 Å². The van der Waals surface area contributed by atoms with Crippen LogP contribution in [0.5, 0.6) is 0 Å². The first kappa shape index (κ1) is 11.3. The van der Waals surface area contributed by atoms with Gasteiger partial charge in [0, 0.05) is 12.6 Å². The van der Waals surface area contributed by atoms with Crippen molar-refractivity contribution < 1.29 is 14.3 Å². The summed E-state index contributed by atoms with van der Waals surface area (Å²) in [6.07, 6.45) is 0. The highest BCUT2D eigenvalue weighted by atomic mass is 35.5. The number of carbonyl (C=O) groups excluding carboxylic acids is 1. The normalized spacial score (nSPS) is 21.4. The van der Waals surface area contributed by atoms with E-state index in [-0.39, 0.29) is 5.91 Å². The highest BCUT2D eigenvalue weighted by Gasteiger charge is 2.55. The Hall–Kier alpha value is -0.810. The van der Waals surface area contributed by atoms with Crippen molar-refractivity contribution >= 4 is 34.8 Å². The Labute approximate surface area is 108 Å². The van der Waals surface area contributed by atoms with Gasteiger partial charge in [-0.25, -0.2) is 0 Å². The van der Waals surface area contributed by atoms with E-state index >= 15 is 0 Å². The molecule has 1 aromatic rings. The lowest BCUT2D eigenvalue weighted by Gasteiger charge is -2.20. The summed E-state index contributed by atoms with van der Waals surface area (Å²) in [5, 5.41) is 0.746. The fraction of sp³-hybridized carbons (Fsp3) is 0.364. The van der Waals surface area contributed by atoms with E-state index in [1.807, 2.05) is 0 Å². The van der Waals surface area contributed by atoms with E-state index in [1.165, 1.54) is 4.90 Å². The summed E-state index contributed by atoms with van der Waals surface area (Å²) in [6, 6.07) is 3.36. The number of halogens is 2. The maximum absolute atomic E-state index is 12.2. The molecule has 0 atom stereocenters. The third kappa shape index (κ3) is 1.29. The van der Waals surface area contributed by atoms with Gasteiger partial charge in [0.25, 0.3) is 11.7 Å². The molecule has 0 N–H and O–H groups in total. The van der Waals surface area contributed by atoms with Crippen molar-refractivity contribution in [2.45, 2.75) is 5.79 Å². The minimum Gasteiger partial charge on any atom is -0.336 e. The zero-order chi connectivity index (χ0) is 12.2. The molecule has 90 valence electrons. The smallest absolute Gasteiger partial charge is 0.292 e. The third-order valence-electron chi connectivity index (χ3n) is 3.04. The van der Waals surface area contributed by atoms with Crippen molar-refractivity contribution in [1.29, 1.82) is 0 Å². The molecule has 1 amide bonds. The lowest BCUT2D eigenvalue weighted by atomic mass is 10.1. The number of hydrogen-bond acceptors (Lipinski definition) is 3. The number of hydrogen-bond donors (Lipinski definition) is 0. The summed E-state index contributed by atoms with van der Waals surface area (Å²) < 4.78 is 11.0. The molecular formula is C11H9Cl2NO3. The van der Waals surface area contributed by atoms with Crippen molar-refractivity contribution in [3.8, 4) is 0 Å². The first-order valence-corrected chi connectivity index (χ1v) is 5.88. The van der Waals surface area contributed by atoms with Crippen LogP contribution in [0.15, 0.2) is 12.1 Å². The summed E-state index contributed by atoms with van der Waals surface area (Å²) in [4.78, 5) is 13.6. The maximum atomic E-state index is 12.2. The zero-order valence-electron chi connectivity index (χ0n) is 9.00. The van der Waals surface area contributed by atoms with Gasteiger partial charge in [0.1, 0.15) is 0 Å². The van der Waals surface area contributed by atoms with Gasteiger partial charge >= 0.3 is 0 Å². The number of rotatable bonds is 0. The van der Waals surface area contributed by atoms with Crippen LogP contribution >= 0.6 is 23.2 Å². The highest BCUT2D eigenvalue weighted by molar-refractivity contribution is 6.44. The van der Waals surface area contributed by atoms with Crippen LogP contribution < -0.4 is 4.90 Å². The lowest BCUT2D eigenvalue weighted by molar-refractivity contribution is -0.180. The number of ether oxygens (including phenoxy) is 2. The molecule has 0 aliphatic carbocycles. The van der Waals surface area contributed by atoms with Crippen LogP contribution in [0.3, 0.4) is 0 Å². The zero-order valence-corrected chi connectivity index (χ0v) is 10.5. The standard InChI is InChI=1S/C11H9Cl2NO3/c1-14-9-6(2-3-7(12)8(9)13)11(10(14)15)16-4-5-17-11/h2-3H,4-5H2,1H3. The van der Waals surface area contributed by atoms with E-state index in [4.69, 9.17) is 32.7 Å². The quantitative estimate of drug-likeness (QED) is 0.727. The van der Waals surface area contributed by atoms with Crippen LogP contribution in [-0.2, 0) is 20.1 Å². The molecule has 1 saturated heterocycles. The second-order valence-electron chi connectivity index (χ2n) is 3.94. The van der Waals surface area contributed by atoms with E-state index in [1.54, 1.807) is 19.2 Å². The summed E-state index contributed by atoms with van der Waals surface area (Å²) >= 11 is 12.1. The predicted molar refractivity (Wildman–Crippen MR) is 63.5 cm³/mol. The Morgan fingerprint density at radius 2 is 1.94 bits per heavy atom. The van der Waals surface area contributed by atoms with Gasteiger partial charge in [0.2, 0.25) is 0 Å². The fourth-order valence-electron chi connectivity index (χ4n) is 2.26. The largest absolute Gasteiger partial charge is 0.336 e. The van der Waals surface area contributed by atoms with Gasteiger partial charge in [-0.3, -0.25) is 4.79 Å². The van der Waals surface area contributed by atoms with Crippen molar-refractivity contribution in [1.82, 2.24) is 0 Å². The van der Waals surface area contributed by atoms with Gasteiger partial charge in [-0.2, -0.15) is 0 Å². The number of carbonyl (C=O) groups is 1. The van der Waals surface area contributed by atoms with Crippen LogP contribution in [0.4, 0.5) is 5.69 Å². The summed E-state index contributed by atoms with van der Waals surface area (Å²) in [5.74, 6) is -1.59. The molecule has 0 radical (unpaired) electrons. The van der Waals surface area contributed by atoms with Crippen LogP contribution in [0.25, 0.3) is 0 Å². The van der Waals surface area contributed by atoms with Crippen molar-refractivity contribution in [3.05, 3.63) is 27.7 Å². The van der Waals surface area contributed by atoms with E-state index in [0.29, 0.717) is 34.5 Å². The first-order chi connectivity index (χ1) is 8.08. The Kier molecular flexibility index (Phi) is 2.38. The average molecular weight is 274 g/mol. The molecule has 1 spiro atoms. The minimum absolute atomic E-state index is 0.269. The highest BCUT2D eigenvalue weighted by Crippen LogP contribution is 2.49. The first-order valence-electron chi connectivity index (χ1n) is 5.12. The molecule has 2 heterocycles. The van der Waals surface area contributed by atoms with Crippen molar-refractivity contribution in [2.24, 2.45) is 0 Å². The fourth-order valence-corrected chi connectivity index (χ4v) is 2.71. The molecule has 0 unspecified atom stereocenters. The summed E-state index contributed by atoms with van der Waals surface area (Å²) in [7, 11) is 1.63. The molecule has 17 heavy (non-hydrogen) atoms. The van der Waals surface area contributed by atoms with E-state index in [2.05, 4.69) is 0 Å². The van der Waals surface area contributed by atoms with Crippen LogP contribution in [0.2, 0.25) is 10.0 Å². The molecule has 0 bridgehead atoms. The van der Waals surface area contributed by atoms with Gasteiger partial charge in [-0.15, -0.1) is 0 Å². The molecule has 1 fully saturated rings. The molecule has 0 saturated carbocycles. The third-order valence-corrected chi connectivity index (χ3v) is 3.83. The Morgan fingerprint density at radius 1 is 1.29 bits per heavy atom. The number of amides is 1. The summed E-state index contributed by atoms with van der Waals surface area (Å²) in [5.41, 5.74) is 1.18. The molecule has 2 aliphatic heterocycles. The van der Waals surface area contributed by atoms with Gasteiger partial charge in [0.05, 0.1) is 28.9 Å². The summed E-state index contributed by atoms with van der Waals surface area (Å²) in [6.45, 7) is 0.776. The van der Waals surface area contributed by atoms with E-state index in [0.717, 1.165) is 0 Å². The molecule has 2 aliphatic rings. The van der Waals surface area contributed by atoms with Gasteiger partial charge < -0.3 is 14.4 Å². The second-order valence-corrected chi connectivity index (χ2v) is 4.72. The van der Waals surface area contributed by atoms with Gasteiger partial charge in [0.15, 0.2) is 0 Å². The van der Waals surface area contributed by atoms with Crippen molar-refractivity contribution in [3.63, 3.8) is 0 Å². The second kappa shape index (κ2) is 3.59. The predicted octanol–water partition coefficient (Wildman–Crippen LogP) is 2.17. The molecule has 4 nitrogen and oxygen atoms in total. The van der Waals surface area contributed by atoms with Crippen LogP contribution in [-0.4, -0.2) is 26.2 Å². The molecule has 1 aromatic carbocycles. The topological polar surface area (TPSA) is 38.8 Å². The van der Waals surface area contributed by atoms with Gasteiger partial charge in [-0.1, -0.05) is 23.2 Å². The maximum Gasteiger partial charge on any atom is 0.292 e. The Bertz CT molecular complexity index is 512. The molecule has 6 heteroatoms. The molecule has 3 rings (SSSR count). The monoisotopic (exact) mass is 273 g/mol. The number of anilines is 1. The van der Waals surface area contributed by atoms with E-state index in [9.17, 15) is 4.79 Å². The van der Waals surface area contributed by atoms with Crippen molar-refractivity contribution in [2.75, 3.05) is 25.2 Å². The molecule has 0 aromatic heterocycles. The Morgan fingerprint density at radius 3 is 2.59 bits per heavy atom. The lowest BCUT2D eigenvalue weighted by Crippen LogP contribution is -2.39. The SMILES string of the molecule is CN1C(=O)C2(OCCO2)c2ccc(Cl)c(Cl)c21. The number of fused-ring (bicyclic) bond motifs is 2. The average Bonchev–Trinajstić information content (AvgIpc) is 2.87.